The first kappa shape index (κ1) is 16.9. The molecular formula is C17H26N2O2S. The van der Waals surface area contributed by atoms with Gasteiger partial charge in [-0.15, -0.1) is 0 Å². The van der Waals surface area contributed by atoms with Crippen LogP contribution in [0.3, 0.4) is 0 Å². The lowest BCUT2D eigenvalue weighted by molar-refractivity contribution is 0.255. The highest BCUT2D eigenvalue weighted by molar-refractivity contribution is 7.80. The monoisotopic (exact) mass is 322 g/mol. The summed E-state index contributed by atoms with van der Waals surface area (Å²) in [6.07, 6.45) is 4.69. The second kappa shape index (κ2) is 8.22. The summed E-state index contributed by atoms with van der Waals surface area (Å²) in [5.41, 5.74) is 1.21. The third-order valence-electron chi connectivity index (χ3n) is 4.20. The van der Waals surface area contributed by atoms with Gasteiger partial charge in [-0.1, -0.05) is 6.07 Å². The summed E-state index contributed by atoms with van der Waals surface area (Å²) in [4.78, 5) is 2.31. The minimum Gasteiger partial charge on any atom is -0.493 e. The molecule has 122 valence electrons. The molecule has 0 amide bonds. The molecule has 1 N–H and O–H groups in total. The lowest BCUT2D eigenvalue weighted by Crippen LogP contribution is -2.47. The molecule has 22 heavy (non-hydrogen) atoms. The molecule has 5 heteroatoms. The number of hydrogen-bond acceptors (Lipinski definition) is 3. The molecule has 1 aliphatic heterocycles. The average molecular weight is 322 g/mol. The first-order chi connectivity index (χ1) is 10.7. The molecule has 0 saturated carbocycles. The van der Waals surface area contributed by atoms with E-state index in [1.807, 2.05) is 12.1 Å². The highest BCUT2D eigenvalue weighted by atomic mass is 32.1. The summed E-state index contributed by atoms with van der Waals surface area (Å²) >= 11 is 5.52. The van der Waals surface area contributed by atoms with E-state index in [2.05, 4.69) is 23.2 Å². The maximum Gasteiger partial charge on any atom is 0.169 e. The molecule has 0 radical (unpaired) electrons. The topological polar surface area (TPSA) is 33.7 Å². The predicted molar refractivity (Wildman–Crippen MR) is 93.9 cm³/mol. The van der Waals surface area contributed by atoms with Crippen molar-refractivity contribution in [1.82, 2.24) is 10.2 Å². The van der Waals surface area contributed by atoms with Gasteiger partial charge in [-0.05, 0) is 62.5 Å². The number of nitrogens with zero attached hydrogens (tertiary/aromatic N) is 1. The molecule has 1 aliphatic rings. The Morgan fingerprint density at radius 3 is 2.73 bits per heavy atom. The fourth-order valence-electron chi connectivity index (χ4n) is 2.85. The van der Waals surface area contributed by atoms with E-state index in [9.17, 15) is 0 Å². The summed E-state index contributed by atoms with van der Waals surface area (Å²) in [7, 11) is 3.31. The smallest absolute Gasteiger partial charge is 0.169 e. The molecule has 1 aromatic carbocycles. The standard InChI is InChI=1S/C17H26N2O2S/c1-13-6-4-5-11-19(13)17(22)18-10-9-14-7-8-15(20-2)16(12-14)21-3/h7-8,12-13H,4-6,9-11H2,1-3H3,(H,18,22). The Labute approximate surface area is 138 Å². The van der Waals surface area contributed by atoms with Crippen molar-refractivity contribution >= 4 is 17.3 Å². The van der Waals surface area contributed by atoms with Crippen LogP contribution in [0.4, 0.5) is 0 Å². The van der Waals surface area contributed by atoms with E-state index in [1.54, 1.807) is 14.2 Å². The fourth-order valence-corrected chi connectivity index (χ4v) is 3.22. The van der Waals surface area contributed by atoms with Gasteiger partial charge >= 0.3 is 0 Å². The number of likely N-dealkylation sites (tertiary alicyclic amines) is 1. The van der Waals surface area contributed by atoms with Crippen molar-refractivity contribution in [2.75, 3.05) is 27.3 Å². The number of hydrogen-bond donors (Lipinski definition) is 1. The van der Waals surface area contributed by atoms with Gasteiger partial charge in [0.05, 0.1) is 14.2 Å². The zero-order chi connectivity index (χ0) is 15.9. The van der Waals surface area contributed by atoms with E-state index in [-0.39, 0.29) is 0 Å². The fraction of sp³-hybridized carbons (Fsp3) is 0.588. The van der Waals surface area contributed by atoms with Crippen molar-refractivity contribution in [3.05, 3.63) is 23.8 Å². The highest BCUT2D eigenvalue weighted by Gasteiger charge is 2.20. The van der Waals surface area contributed by atoms with Crippen molar-refractivity contribution in [2.45, 2.75) is 38.6 Å². The predicted octanol–water partition coefficient (Wildman–Crippen LogP) is 3.00. The second-order valence-corrected chi connectivity index (χ2v) is 6.10. The van der Waals surface area contributed by atoms with Crippen LogP contribution in [0, 0.1) is 0 Å². The molecule has 1 unspecified atom stereocenters. The highest BCUT2D eigenvalue weighted by Crippen LogP contribution is 2.27. The number of methoxy groups -OCH3 is 2. The number of ether oxygens (including phenoxy) is 2. The molecule has 0 spiro atoms. The first-order valence-corrected chi connectivity index (χ1v) is 8.32. The van der Waals surface area contributed by atoms with Gasteiger partial charge in [0.25, 0.3) is 0 Å². The average Bonchev–Trinajstić information content (AvgIpc) is 2.55. The molecule has 4 nitrogen and oxygen atoms in total. The van der Waals surface area contributed by atoms with E-state index >= 15 is 0 Å². The van der Waals surface area contributed by atoms with Gasteiger partial charge in [0.1, 0.15) is 0 Å². The van der Waals surface area contributed by atoms with Crippen LogP contribution >= 0.6 is 12.2 Å². The summed E-state index contributed by atoms with van der Waals surface area (Å²) in [6, 6.07) is 6.58. The maximum absolute atomic E-state index is 5.52. The van der Waals surface area contributed by atoms with Gasteiger partial charge in [-0.2, -0.15) is 0 Å². The van der Waals surface area contributed by atoms with Gasteiger partial charge in [-0.3, -0.25) is 0 Å². The Hall–Kier alpha value is -1.49. The number of nitrogens with one attached hydrogen (secondary N) is 1. The number of piperidine rings is 1. The molecule has 1 atom stereocenters. The van der Waals surface area contributed by atoms with E-state index in [0.29, 0.717) is 6.04 Å². The lowest BCUT2D eigenvalue weighted by atomic mass is 10.0. The van der Waals surface area contributed by atoms with Gasteiger partial charge < -0.3 is 19.7 Å². The number of benzene rings is 1. The summed E-state index contributed by atoms with van der Waals surface area (Å²) in [5, 5.41) is 4.26. The Balaban J connectivity index is 1.84. The summed E-state index contributed by atoms with van der Waals surface area (Å²) in [5.74, 6) is 1.53. The van der Waals surface area contributed by atoms with Gasteiger partial charge in [0, 0.05) is 19.1 Å². The molecule has 1 aromatic rings. The van der Waals surface area contributed by atoms with Crippen molar-refractivity contribution < 1.29 is 9.47 Å². The zero-order valence-corrected chi connectivity index (χ0v) is 14.5. The van der Waals surface area contributed by atoms with Crippen molar-refractivity contribution in [3.8, 4) is 11.5 Å². The largest absolute Gasteiger partial charge is 0.493 e. The molecule has 1 saturated heterocycles. The van der Waals surface area contributed by atoms with Crippen LogP contribution in [-0.4, -0.2) is 43.4 Å². The zero-order valence-electron chi connectivity index (χ0n) is 13.7. The van der Waals surface area contributed by atoms with Crippen LogP contribution < -0.4 is 14.8 Å². The van der Waals surface area contributed by atoms with Crippen LogP contribution in [0.15, 0.2) is 18.2 Å². The van der Waals surface area contributed by atoms with Gasteiger partial charge in [0.2, 0.25) is 0 Å². The Morgan fingerprint density at radius 1 is 1.27 bits per heavy atom. The van der Waals surface area contributed by atoms with E-state index < -0.39 is 0 Å². The van der Waals surface area contributed by atoms with Crippen molar-refractivity contribution in [1.29, 1.82) is 0 Å². The third-order valence-corrected chi connectivity index (χ3v) is 4.58. The SMILES string of the molecule is COc1ccc(CCNC(=S)N2CCCCC2C)cc1OC. The van der Waals surface area contributed by atoms with E-state index in [0.717, 1.165) is 36.1 Å². The molecular weight excluding hydrogens is 296 g/mol. The van der Waals surface area contributed by atoms with Crippen LogP contribution in [-0.2, 0) is 6.42 Å². The quantitative estimate of drug-likeness (QED) is 0.843. The molecule has 1 heterocycles. The van der Waals surface area contributed by atoms with Crippen LogP contribution in [0.1, 0.15) is 31.7 Å². The summed E-state index contributed by atoms with van der Waals surface area (Å²) < 4.78 is 10.6. The molecule has 2 rings (SSSR count). The normalized spacial score (nSPS) is 18.0. The Bertz CT molecular complexity index is 507. The van der Waals surface area contributed by atoms with Crippen LogP contribution in [0.25, 0.3) is 0 Å². The molecule has 0 aromatic heterocycles. The lowest BCUT2D eigenvalue weighted by Gasteiger charge is -2.35. The van der Waals surface area contributed by atoms with Crippen molar-refractivity contribution in [2.24, 2.45) is 0 Å². The third kappa shape index (κ3) is 4.26. The van der Waals surface area contributed by atoms with Crippen LogP contribution in [0.5, 0.6) is 11.5 Å². The van der Waals surface area contributed by atoms with Gasteiger partial charge in [-0.25, -0.2) is 0 Å². The van der Waals surface area contributed by atoms with Gasteiger partial charge in [0.15, 0.2) is 16.6 Å². The molecule has 1 fully saturated rings. The second-order valence-electron chi connectivity index (χ2n) is 5.71. The minimum atomic E-state index is 0.551. The maximum atomic E-state index is 5.52. The van der Waals surface area contributed by atoms with Crippen LogP contribution in [0.2, 0.25) is 0 Å². The minimum absolute atomic E-state index is 0.551. The molecule has 0 bridgehead atoms. The Kier molecular flexibility index (Phi) is 6.31. The summed E-state index contributed by atoms with van der Waals surface area (Å²) in [6.45, 7) is 4.16. The van der Waals surface area contributed by atoms with E-state index in [4.69, 9.17) is 21.7 Å². The molecule has 0 aliphatic carbocycles. The number of rotatable bonds is 5. The first-order valence-electron chi connectivity index (χ1n) is 7.91. The number of thiocarbonyl (C=S) groups is 1. The van der Waals surface area contributed by atoms with E-state index in [1.165, 1.54) is 24.8 Å². The Morgan fingerprint density at radius 2 is 2.05 bits per heavy atom. The van der Waals surface area contributed by atoms with Crippen molar-refractivity contribution in [3.63, 3.8) is 0 Å².